The standard InChI is InChI=1S/C15H29N3O2/c1-5-12(13(16)17-20)14(19)18-9-6-7-11(8-10-18)15(2,3)4/h11-12,20H,5-10H2,1-4H3,(H2,16,17). The van der Waals surface area contributed by atoms with Crippen molar-refractivity contribution in [2.24, 2.45) is 28.1 Å². The molecule has 5 nitrogen and oxygen atoms in total. The second-order valence-electron chi connectivity index (χ2n) is 6.80. The summed E-state index contributed by atoms with van der Waals surface area (Å²) < 4.78 is 0. The van der Waals surface area contributed by atoms with Gasteiger partial charge in [-0.1, -0.05) is 32.9 Å². The summed E-state index contributed by atoms with van der Waals surface area (Å²) in [5.74, 6) is 0.168. The van der Waals surface area contributed by atoms with Gasteiger partial charge in [0.15, 0.2) is 5.84 Å². The summed E-state index contributed by atoms with van der Waals surface area (Å²) in [6.45, 7) is 10.2. The predicted octanol–water partition coefficient (Wildman–Crippen LogP) is 2.43. The number of oxime groups is 1. The Kier molecular flexibility index (Phi) is 5.84. The monoisotopic (exact) mass is 283 g/mol. The maximum absolute atomic E-state index is 12.5. The molecular weight excluding hydrogens is 254 g/mol. The van der Waals surface area contributed by atoms with Gasteiger partial charge in [-0.3, -0.25) is 4.79 Å². The zero-order valence-electron chi connectivity index (χ0n) is 13.2. The van der Waals surface area contributed by atoms with E-state index in [0.29, 0.717) is 12.3 Å². The Balaban J connectivity index is 2.71. The van der Waals surface area contributed by atoms with Gasteiger partial charge in [-0.15, -0.1) is 0 Å². The van der Waals surface area contributed by atoms with Crippen LogP contribution >= 0.6 is 0 Å². The van der Waals surface area contributed by atoms with Crippen LogP contribution in [0.5, 0.6) is 0 Å². The summed E-state index contributed by atoms with van der Waals surface area (Å²) in [5, 5.41) is 11.8. The molecule has 0 aromatic rings. The molecule has 1 rings (SSSR count). The smallest absolute Gasteiger partial charge is 0.233 e. The quantitative estimate of drug-likeness (QED) is 0.361. The molecule has 0 radical (unpaired) electrons. The van der Waals surface area contributed by atoms with Crippen molar-refractivity contribution in [3.05, 3.63) is 0 Å². The van der Waals surface area contributed by atoms with Gasteiger partial charge in [-0.2, -0.15) is 0 Å². The van der Waals surface area contributed by atoms with E-state index < -0.39 is 5.92 Å². The van der Waals surface area contributed by atoms with Crippen molar-refractivity contribution in [2.45, 2.75) is 53.4 Å². The Labute approximate surface area is 122 Å². The Morgan fingerprint density at radius 3 is 2.55 bits per heavy atom. The fourth-order valence-electron chi connectivity index (χ4n) is 2.98. The summed E-state index contributed by atoms with van der Waals surface area (Å²) >= 11 is 0. The van der Waals surface area contributed by atoms with E-state index >= 15 is 0 Å². The van der Waals surface area contributed by atoms with E-state index in [-0.39, 0.29) is 17.2 Å². The normalized spacial score (nSPS) is 23.3. The lowest BCUT2D eigenvalue weighted by molar-refractivity contribution is -0.133. The largest absolute Gasteiger partial charge is 0.409 e. The average molecular weight is 283 g/mol. The molecule has 1 aliphatic heterocycles. The molecule has 3 N–H and O–H groups in total. The van der Waals surface area contributed by atoms with Crippen LogP contribution in [-0.4, -0.2) is 34.9 Å². The van der Waals surface area contributed by atoms with Gasteiger partial charge in [0.2, 0.25) is 5.91 Å². The number of nitrogens with zero attached hydrogens (tertiary/aromatic N) is 2. The zero-order chi connectivity index (χ0) is 15.3. The van der Waals surface area contributed by atoms with Crippen molar-refractivity contribution >= 4 is 11.7 Å². The molecule has 116 valence electrons. The second-order valence-corrected chi connectivity index (χ2v) is 6.80. The van der Waals surface area contributed by atoms with Crippen LogP contribution in [0, 0.1) is 17.3 Å². The molecule has 2 unspecified atom stereocenters. The van der Waals surface area contributed by atoms with Crippen LogP contribution in [-0.2, 0) is 4.79 Å². The molecule has 1 heterocycles. The van der Waals surface area contributed by atoms with E-state index in [2.05, 4.69) is 25.9 Å². The van der Waals surface area contributed by atoms with Gasteiger partial charge in [-0.05, 0) is 37.0 Å². The molecule has 1 fully saturated rings. The molecule has 0 spiro atoms. The zero-order valence-corrected chi connectivity index (χ0v) is 13.2. The number of carbonyl (C=O) groups excluding carboxylic acids is 1. The Morgan fingerprint density at radius 2 is 2.05 bits per heavy atom. The molecule has 1 aliphatic rings. The van der Waals surface area contributed by atoms with Gasteiger partial charge < -0.3 is 15.8 Å². The number of nitrogens with two attached hydrogens (primary N) is 1. The van der Waals surface area contributed by atoms with Crippen LogP contribution < -0.4 is 5.73 Å². The molecular formula is C15H29N3O2. The molecule has 0 aromatic heterocycles. The first-order valence-electron chi connectivity index (χ1n) is 7.57. The van der Waals surface area contributed by atoms with Crippen LogP contribution in [0.25, 0.3) is 0 Å². The lowest BCUT2D eigenvalue weighted by Gasteiger charge is -2.30. The predicted molar refractivity (Wildman–Crippen MR) is 80.6 cm³/mol. The maximum Gasteiger partial charge on any atom is 0.233 e. The van der Waals surface area contributed by atoms with Crippen LogP contribution in [0.3, 0.4) is 0 Å². The second kappa shape index (κ2) is 6.95. The highest BCUT2D eigenvalue weighted by Gasteiger charge is 2.31. The Bertz CT molecular complexity index is 361. The van der Waals surface area contributed by atoms with E-state index in [1.165, 1.54) is 0 Å². The summed E-state index contributed by atoms with van der Waals surface area (Å²) in [7, 11) is 0. The highest BCUT2D eigenvalue weighted by atomic mass is 16.4. The fourth-order valence-corrected chi connectivity index (χ4v) is 2.98. The number of amidine groups is 1. The van der Waals surface area contributed by atoms with Gasteiger partial charge in [0.1, 0.15) is 0 Å². The summed E-state index contributed by atoms with van der Waals surface area (Å²) in [5.41, 5.74) is 5.91. The third kappa shape index (κ3) is 4.12. The van der Waals surface area contributed by atoms with E-state index in [0.717, 1.165) is 32.4 Å². The van der Waals surface area contributed by atoms with E-state index in [1.54, 1.807) is 0 Å². The maximum atomic E-state index is 12.5. The van der Waals surface area contributed by atoms with Crippen molar-refractivity contribution < 1.29 is 10.0 Å². The number of likely N-dealkylation sites (tertiary alicyclic amines) is 1. The van der Waals surface area contributed by atoms with Gasteiger partial charge in [-0.25, -0.2) is 0 Å². The number of rotatable bonds is 3. The minimum atomic E-state index is -0.494. The van der Waals surface area contributed by atoms with Crippen LogP contribution in [0.2, 0.25) is 0 Å². The first-order valence-corrected chi connectivity index (χ1v) is 7.57. The van der Waals surface area contributed by atoms with E-state index in [4.69, 9.17) is 10.9 Å². The Morgan fingerprint density at radius 1 is 1.40 bits per heavy atom. The lowest BCUT2D eigenvalue weighted by atomic mass is 9.77. The lowest BCUT2D eigenvalue weighted by Crippen LogP contribution is -2.42. The molecule has 0 bridgehead atoms. The average Bonchev–Trinajstić information content (AvgIpc) is 2.64. The Hall–Kier alpha value is -1.26. The number of hydrogen-bond acceptors (Lipinski definition) is 3. The minimum absolute atomic E-state index is 0.00245. The first kappa shape index (κ1) is 16.8. The topological polar surface area (TPSA) is 78.9 Å². The number of carbonyl (C=O) groups is 1. The van der Waals surface area contributed by atoms with Gasteiger partial charge in [0, 0.05) is 13.1 Å². The van der Waals surface area contributed by atoms with Crippen molar-refractivity contribution in [3.8, 4) is 0 Å². The molecule has 0 saturated carbocycles. The molecule has 2 atom stereocenters. The van der Waals surface area contributed by atoms with Crippen molar-refractivity contribution in [1.29, 1.82) is 0 Å². The highest BCUT2D eigenvalue weighted by molar-refractivity contribution is 6.02. The molecule has 1 saturated heterocycles. The van der Waals surface area contributed by atoms with Gasteiger partial charge >= 0.3 is 0 Å². The minimum Gasteiger partial charge on any atom is -0.409 e. The summed E-state index contributed by atoms with van der Waals surface area (Å²) in [6.07, 6.45) is 3.78. The molecule has 5 heteroatoms. The number of amides is 1. The fraction of sp³-hybridized carbons (Fsp3) is 0.867. The van der Waals surface area contributed by atoms with Crippen LogP contribution in [0.1, 0.15) is 53.4 Å². The molecule has 20 heavy (non-hydrogen) atoms. The van der Waals surface area contributed by atoms with Crippen molar-refractivity contribution in [1.82, 2.24) is 4.90 Å². The first-order chi connectivity index (χ1) is 9.31. The molecule has 1 amide bonds. The highest BCUT2D eigenvalue weighted by Crippen LogP contribution is 2.34. The van der Waals surface area contributed by atoms with Crippen molar-refractivity contribution in [2.75, 3.05) is 13.1 Å². The third-order valence-corrected chi connectivity index (χ3v) is 4.44. The molecule has 0 aliphatic carbocycles. The van der Waals surface area contributed by atoms with Gasteiger partial charge in [0.05, 0.1) is 5.92 Å². The van der Waals surface area contributed by atoms with E-state index in [1.807, 2.05) is 11.8 Å². The third-order valence-electron chi connectivity index (χ3n) is 4.44. The summed E-state index contributed by atoms with van der Waals surface area (Å²) in [4.78, 5) is 14.4. The SMILES string of the molecule is CCC(C(=O)N1CCCC(C(C)(C)C)CC1)C(N)=NO. The van der Waals surface area contributed by atoms with Crippen LogP contribution in [0.15, 0.2) is 5.16 Å². The number of hydrogen-bond donors (Lipinski definition) is 2. The van der Waals surface area contributed by atoms with E-state index in [9.17, 15) is 4.79 Å². The van der Waals surface area contributed by atoms with Crippen molar-refractivity contribution in [3.63, 3.8) is 0 Å². The van der Waals surface area contributed by atoms with Crippen LogP contribution in [0.4, 0.5) is 0 Å². The molecule has 0 aromatic carbocycles. The summed E-state index contributed by atoms with van der Waals surface area (Å²) in [6, 6.07) is 0. The van der Waals surface area contributed by atoms with Gasteiger partial charge in [0.25, 0.3) is 0 Å².